The Morgan fingerprint density at radius 1 is 0.929 bits per heavy atom. The van der Waals surface area contributed by atoms with E-state index in [2.05, 4.69) is 79.7 Å². The van der Waals surface area contributed by atoms with Crippen LogP contribution in [0.25, 0.3) is 17.1 Å². The number of benzene rings is 2. The van der Waals surface area contributed by atoms with Crippen molar-refractivity contribution in [3.05, 3.63) is 66.1 Å². The van der Waals surface area contributed by atoms with Crippen LogP contribution in [0.2, 0.25) is 0 Å². The van der Waals surface area contributed by atoms with Crippen molar-refractivity contribution < 1.29 is 4.79 Å². The third kappa shape index (κ3) is 4.61. The van der Waals surface area contributed by atoms with Crippen LogP contribution in [0, 0.1) is 12.3 Å². The summed E-state index contributed by atoms with van der Waals surface area (Å²) in [7, 11) is 2.11. The summed E-state index contributed by atoms with van der Waals surface area (Å²) in [6.07, 6.45) is 12.5. The van der Waals surface area contributed by atoms with Crippen LogP contribution in [-0.2, 0) is 0 Å². The van der Waals surface area contributed by atoms with Gasteiger partial charge in [-0.15, -0.1) is 5.10 Å². The molecule has 0 N–H and O–H groups in total. The Bertz CT molecular complexity index is 1480. The predicted octanol–water partition coefficient (Wildman–Crippen LogP) is 7.14. The van der Waals surface area contributed by atoms with E-state index >= 15 is 0 Å². The second-order valence-corrected chi connectivity index (χ2v) is 13.3. The first-order valence-electron chi connectivity index (χ1n) is 16.0. The lowest BCUT2D eigenvalue weighted by Gasteiger charge is -2.46. The fourth-order valence-electron chi connectivity index (χ4n) is 8.06. The minimum absolute atomic E-state index is 0.0508. The molecular weight excluding hydrogens is 520 g/mol. The maximum Gasteiger partial charge on any atom is 0.293 e. The van der Waals surface area contributed by atoms with Crippen molar-refractivity contribution in [2.24, 2.45) is 5.41 Å². The van der Waals surface area contributed by atoms with Crippen molar-refractivity contribution in [3.8, 4) is 17.1 Å². The van der Waals surface area contributed by atoms with Crippen molar-refractivity contribution in [2.45, 2.75) is 90.1 Å². The van der Waals surface area contributed by atoms with E-state index in [1.165, 1.54) is 68.3 Å². The number of nitrogens with zero attached hydrogens (tertiary/aromatic N) is 6. The van der Waals surface area contributed by atoms with Crippen LogP contribution in [0.5, 0.6) is 0 Å². The first kappa shape index (κ1) is 27.2. The molecule has 1 saturated heterocycles. The SMILES string of the molecule is C=C1[C@@H](C)N(C2CCCC2)c2cc(-c3nc(C(=O)N4CCC5(CCCC5)CC4)nn3-c3ccc(C)cc3)ccc2N1C. The molecule has 0 radical (unpaired) electrons. The zero-order valence-electron chi connectivity index (χ0n) is 25.5. The Balaban J connectivity index is 1.27. The standard InChI is InChI=1S/C35H44N6O/c1-24-11-14-29(15-12-24)41-33(36-32(37-41)34(42)39-21-19-35(20-22-39)17-7-8-18-35)27-13-16-30-31(23-27)40(28-9-5-6-10-28)26(3)25(2)38(30)4/h11-16,23,26,28H,2,5-10,17-22H2,1,3-4H3/t26-/m1/s1. The van der Waals surface area contributed by atoms with E-state index in [1.54, 1.807) is 0 Å². The molecule has 42 heavy (non-hydrogen) atoms. The van der Waals surface area contributed by atoms with Gasteiger partial charge >= 0.3 is 0 Å². The maximum absolute atomic E-state index is 13.8. The van der Waals surface area contributed by atoms with Crippen molar-refractivity contribution in [1.29, 1.82) is 0 Å². The van der Waals surface area contributed by atoms with E-state index in [-0.39, 0.29) is 17.8 Å². The van der Waals surface area contributed by atoms with Crippen LogP contribution in [0.4, 0.5) is 11.4 Å². The maximum atomic E-state index is 13.8. The number of anilines is 2. The number of hydrogen-bond acceptors (Lipinski definition) is 5. The van der Waals surface area contributed by atoms with Crippen molar-refractivity contribution >= 4 is 17.3 Å². The van der Waals surface area contributed by atoms with Gasteiger partial charge in [-0.05, 0) is 88.1 Å². The lowest BCUT2D eigenvalue weighted by molar-refractivity contribution is 0.0576. The van der Waals surface area contributed by atoms with Crippen molar-refractivity contribution in [1.82, 2.24) is 19.7 Å². The first-order chi connectivity index (χ1) is 20.3. The average molecular weight is 565 g/mol. The fourth-order valence-corrected chi connectivity index (χ4v) is 8.06. The molecule has 2 aliphatic heterocycles. The second-order valence-electron chi connectivity index (χ2n) is 13.3. The van der Waals surface area contributed by atoms with Gasteiger partial charge in [-0.2, -0.15) is 0 Å². The Morgan fingerprint density at radius 3 is 2.31 bits per heavy atom. The number of likely N-dealkylation sites (tertiary alicyclic amines) is 1. The van der Waals surface area contributed by atoms with Gasteiger partial charge in [0, 0.05) is 37.4 Å². The predicted molar refractivity (Wildman–Crippen MR) is 169 cm³/mol. The topological polar surface area (TPSA) is 57.5 Å². The van der Waals surface area contributed by atoms with Gasteiger partial charge in [-0.25, -0.2) is 9.67 Å². The minimum Gasteiger partial charge on any atom is -0.359 e. The number of rotatable bonds is 4. The number of piperidine rings is 1. The van der Waals surface area contributed by atoms with Crippen LogP contribution in [0.1, 0.15) is 87.3 Å². The van der Waals surface area contributed by atoms with Gasteiger partial charge in [0.15, 0.2) is 5.82 Å². The van der Waals surface area contributed by atoms with Crippen LogP contribution in [-0.4, -0.2) is 57.8 Å². The molecule has 2 aliphatic carbocycles. The molecular formula is C35H44N6O. The fraction of sp³-hybridized carbons (Fsp3) is 0.514. The molecule has 7 rings (SSSR count). The zero-order valence-corrected chi connectivity index (χ0v) is 25.5. The van der Waals surface area contributed by atoms with E-state index in [9.17, 15) is 4.79 Å². The number of carbonyl (C=O) groups is 1. The van der Waals surface area contributed by atoms with E-state index in [0.717, 1.165) is 42.9 Å². The number of aryl methyl sites for hydroxylation is 1. The summed E-state index contributed by atoms with van der Waals surface area (Å²) in [5.74, 6) is 0.947. The van der Waals surface area contributed by atoms with Crippen molar-refractivity contribution in [3.63, 3.8) is 0 Å². The van der Waals surface area contributed by atoms with Crippen LogP contribution >= 0.6 is 0 Å². The molecule has 1 amide bonds. The summed E-state index contributed by atoms with van der Waals surface area (Å²) in [6, 6.07) is 15.6. The van der Waals surface area contributed by atoms with E-state index in [4.69, 9.17) is 10.1 Å². The largest absolute Gasteiger partial charge is 0.359 e. The van der Waals surface area contributed by atoms with E-state index < -0.39 is 0 Å². The van der Waals surface area contributed by atoms with Gasteiger partial charge in [0.2, 0.25) is 5.82 Å². The Kier molecular flexibility index (Phi) is 6.87. The third-order valence-corrected chi connectivity index (χ3v) is 10.8. The summed E-state index contributed by atoms with van der Waals surface area (Å²) >= 11 is 0. The van der Waals surface area contributed by atoms with E-state index in [0.29, 0.717) is 17.3 Å². The molecule has 7 heteroatoms. The number of carbonyl (C=O) groups excluding carboxylic acids is 1. The lowest BCUT2D eigenvalue weighted by Crippen LogP contribution is -2.48. The quantitative estimate of drug-likeness (QED) is 0.337. The molecule has 7 nitrogen and oxygen atoms in total. The summed E-state index contributed by atoms with van der Waals surface area (Å²) < 4.78 is 1.87. The summed E-state index contributed by atoms with van der Waals surface area (Å²) in [6.45, 7) is 10.4. The van der Waals surface area contributed by atoms with Gasteiger partial charge in [-0.3, -0.25) is 4.79 Å². The smallest absolute Gasteiger partial charge is 0.293 e. The third-order valence-electron chi connectivity index (χ3n) is 10.8. The molecule has 0 unspecified atom stereocenters. The lowest BCUT2D eigenvalue weighted by atomic mass is 9.77. The molecule has 1 aromatic heterocycles. The molecule has 1 atom stereocenters. The van der Waals surface area contributed by atoms with E-state index in [1.807, 2.05) is 9.58 Å². The van der Waals surface area contributed by atoms with Crippen LogP contribution < -0.4 is 9.80 Å². The first-order valence-corrected chi connectivity index (χ1v) is 16.0. The number of amides is 1. The van der Waals surface area contributed by atoms with Gasteiger partial charge in [0.05, 0.1) is 23.1 Å². The summed E-state index contributed by atoms with van der Waals surface area (Å²) in [5, 5.41) is 4.88. The highest BCUT2D eigenvalue weighted by Gasteiger charge is 2.39. The van der Waals surface area contributed by atoms with Gasteiger partial charge in [-0.1, -0.05) is 50.0 Å². The van der Waals surface area contributed by atoms with Crippen LogP contribution in [0.3, 0.4) is 0 Å². The van der Waals surface area contributed by atoms with Gasteiger partial charge in [0.25, 0.3) is 5.91 Å². The van der Waals surface area contributed by atoms with Gasteiger partial charge in [0.1, 0.15) is 0 Å². The molecule has 2 saturated carbocycles. The summed E-state index contributed by atoms with van der Waals surface area (Å²) in [5.41, 5.74) is 7.03. The normalized spacial score (nSPS) is 22.3. The molecule has 1 spiro atoms. The zero-order chi connectivity index (χ0) is 29.0. The molecule has 2 aromatic carbocycles. The molecule has 220 valence electrons. The highest BCUT2D eigenvalue weighted by Crippen LogP contribution is 2.47. The molecule has 3 fully saturated rings. The second kappa shape index (κ2) is 10.6. The molecule has 4 aliphatic rings. The minimum atomic E-state index is -0.0508. The Labute approximate surface area is 250 Å². The number of fused-ring (bicyclic) bond motifs is 1. The summed E-state index contributed by atoms with van der Waals surface area (Å²) in [4.78, 5) is 25.6. The number of likely N-dealkylation sites (N-methyl/N-ethyl adjacent to an activating group) is 1. The van der Waals surface area contributed by atoms with Crippen LogP contribution in [0.15, 0.2) is 54.7 Å². The Hall–Kier alpha value is -3.61. The van der Waals surface area contributed by atoms with Gasteiger partial charge < -0.3 is 14.7 Å². The van der Waals surface area contributed by atoms with Crippen molar-refractivity contribution in [2.75, 3.05) is 29.9 Å². The monoisotopic (exact) mass is 564 g/mol. The average Bonchev–Trinajstić information content (AvgIpc) is 3.79. The molecule has 0 bridgehead atoms. The highest BCUT2D eigenvalue weighted by atomic mass is 16.2. The number of hydrogen-bond donors (Lipinski definition) is 0. The number of aromatic nitrogens is 3. The Morgan fingerprint density at radius 2 is 1.62 bits per heavy atom. The molecule has 3 heterocycles. The highest BCUT2D eigenvalue weighted by molar-refractivity contribution is 5.91. The molecule has 3 aromatic rings.